The molecule has 0 aliphatic rings. The molecular formula is C54H32S2. The molecule has 12 rings (SSSR count). The van der Waals surface area contributed by atoms with Crippen LogP contribution in [0.5, 0.6) is 0 Å². The van der Waals surface area contributed by atoms with Crippen LogP contribution in [0.2, 0.25) is 0 Å². The first-order valence-electron chi connectivity index (χ1n) is 19.2. The molecule has 0 fully saturated rings. The minimum absolute atomic E-state index is 1.24. The Morgan fingerprint density at radius 1 is 0.250 bits per heavy atom. The quantitative estimate of drug-likeness (QED) is 0.168. The van der Waals surface area contributed by atoms with Crippen LogP contribution in [0.15, 0.2) is 194 Å². The number of hydrogen-bond donors (Lipinski definition) is 0. The van der Waals surface area contributed by atoms with E-state index in [0.29, 0.717) is 0 Å². The Bertz CT molecular complexity index is 3280. The topological polar surface area (TPSA) is 0 Å². The first kappa shape index (κ1) is 31.7. The summed E-state index contributed by atoms with van der Waals surface area (Å²) in [5.74, 6) is 0. The van der Waals surface area contributed by atoms with Crippen molar-refractivity contribution in [1.29, 1.82) is 0 Å². The fourth-order valence-electron chi connectivity index (χ4n) is 8.97. The SMILES string of the molecule is c1ccc(-c2cc3ccccc3cc2-c2ccc3c(c2)sc2c4sc5cc(-c6cc7ccccc7cc6-c6ccccc6)ccc5c4c4ccccc4c32)cc1. The summed E-state index contributed by atoms with van der Waals surface area (Å²) in [6, 6.07) is 71.9. The van der Waals surface area contributed by atoms with Crippen LogP contribution in [-0.4, -0.2) is 0 Å². The Morgan fingerprint density at radius 2 is 0.589 bits per heavy atom. The van der Waals surface area contributed by atoms with Gasteiger partial charge in [-0.25, -0.2) is 0 Å². The highest BCUT2D eigenvalue weighted by Gasteiger charge is 2.20. The van der Waals surface area contributed by atoms with Crippen LogP contribution in [0, 0.1) is 0 Å². The Kier molecular flexibility index (Phi) is 7.07. The molecule has 0 amide bonds. The van der Waals surface area contributed by atoms with Crippen molar-refractivity contribution in [1.82, 2.24) is 0 Å². The van der Waals surface area contributed by atoms with Crippen LogP contribution in [-0.2, 0) is 0 Å². The van der Waals surface area contributed by atoms with Gasteiger partial charge in [0.05, 0.1) is 9.40 Å². The third-order valence-electron chi connectivity index (χ3n) is 11.6. The molecule has 2 heteroatoms. The number of hydrogen-bond acceptors (Lipinski definition) is 2. The van der Waals surface area contributed by atoms with Crippen molar-refractivity contribution in [2.24, 2.45) is 0 Å². The molecule has 0 radical (unpaired) electrons. The molecule has 2 heterocycles. The van der Waals surface area contributed by atoms with Crippen LogP contribution in [0.25, 0.3) is 117 Å². The molecule has 56 heavy (non-hydrogen) atoms. The predicted molar refractivity (Wildman–Crippen MR) is 246 cm³/mol. The molecule has 260 valence electrons. The molecule has 0 nitrogen and oxygen atoms in total. The average molecular weight is 745 g/mol. The summed E-state index contributed by atoms with van der Waals surface area (Å²) in [5.41, 5.74) is 10.0. The molecule has 0 bridgehead atoms. The molecule has 0 unspecified atom stereocenters. The molecule has 0 saturated carbocycles. The van der Waals surface area contributed by atoms with E-state index in [0.717, 1.165) is 0 Å². The Morgan fingerprint density at radius 3 is 0.982 bits per heavy atom. The van der Waals surface area contributed by atoms with Crippen LogP contribution in [0.4, 0.5) is 0 Å². The molecule has 0 spiro atoms. The second-order valence-corrected chi connectivity index (χ2v) is 16.9. The van der Waals surface area contributed by atoms with Gasteiger partial charge in [-0.1, -0.05) is 158 Å². The normalized spacial score (nSPS) is 11.9. The lowest BCUT2D eigenvalue weighted by Crippen LogP contribution is -1.87. The summed E-state index contributed by atoms with van der Waals surface area (Å²) in [6.07, 6.45) is 0. The lowest BCUT2D eigenvalue weighted by atomic mass is 9.90. The molecule has 0 saturated heterocycles. The third-order valence-corrected chi connectivity index (χ3v) is 14.1. The summed E-state index contributed by atoms with van der Waals surface area (Å²) >= 11 is 3.89. The van der Waals surface area contributed by atoms with Crippen molar-refractivity contribution in [3.05, 3.63) is 194 Å². The second-order valence-electron chi connectivity index (χ2n) is 14.8. The third kappa shape index (κ3) is 4.90. The maximum absolute atomic E-state index is 2.44. The van der Waals surface area contributed by atoms with E-state index in [1.807, 2.05) is 22.7 Å². The van der Waals surface area contributed by atoms with E-state index in [1.54, 1.807) is 0 Å². The fraction of sp³-hybridized carbons (Fsp3) is 0. The van der Waals surface area contributed by atoms with Gasteiger partial charge in [-0.3, -0.25) is 0 Å². The molecule has 0 aliphatic heterocycles. The molecule has 12 aromatic rings. The first-order valence-corrected chi connectivity index (χ1v) is 20.8. The van der Waals surface area contributed by atoms with Gasteiger partial charge in [-0.05, 0) is 113 Å². The van der Waals surface area contributed by atoms with Crippen molar-refractivity contribution < 1.29 is 0 Å². The predicted octanol–water partition coefficient (Wildman–Crippen LogP) is 16.5. The van der Waals surface area contributed by atoms with Gasteiger partial charge in [0.15, 0.2) is 0 Å². The van der Waals surface area contributed by atoms with Gasteiger partial charge in [-0.2, -0.15) is 0 Å². The smallest absolute Gasteiger partial charge is 0.0540 e. The summed E-state index contributed by atoms with van der Waals surface area (Å²) in [5, 5.41) is 13.1. The fourth-order valence-corrected chi connectivity index (χ4v) is 11.6. The minimum atomic E-state index is 1.24. The Labute approximate surface area is 332 Å². The van der Waals surface area contributed by atoms with E-state index >= 15 is 0 Å². The van der Waals surface area contributed by atoms with Crippen molar-refractivity contribution >= 4 is 95.3 Å². The van der Waals surface area contributed by atoms with Crippen LogP contribution < -0.4 is 0 Å². The second kappa shape index (κ2) is 12.5. The summed E-state index contributed by atoms with van der Waals surface area (Å²) in [4.78, 5) is 0. The van der Waals surface area contributed by atoms with Gasteiger partial charge in [0.1, 0.15) is 0 Å². The highest BCUT2D eigenvalue weighted by Crippen LogP contribution is 2.51. The monoisotopic (exact) mass is 744 g/mol. The number of thiophene rings is 2. The van der Waals surface area contributed by atoms with Crippen molar-refractivity contribution in [3.63, 3.8) is 0 Å². The number of rotatable bonds is 4. The summed E-state index contributed by atoms with van der Waals surface area (Å²) < 4.78 is 5.41. The van der Waals surface area contributed by atoms with E-state index < -0.39 is 0 Å². The van der Waals surface area contributed by atoms with Crippen molar-refractivity contribution in [3.8, 4) is 44.5 Å². The highest BCUT2D eigenvalue weighted by molar-refractivity contribution is 7.33. The van der Waals surface area contributed by atoms with Gasteiger partial charge in [0.2, 0.25) is 0 Å². The molecule has 0 aliphatic carbocycles. The maximum Gasteiger partial charge on any atom is 0.0540 e. The van der Waals surface area contributed by atoms with E-state index in [-0.39, 0.29) is 0 Å². The van der Waals surface area contributed by atoms with Gasteiger partial charge < -0.3 is 0 Å². The van der Waals surface area contributed by atoms with E-state index in [2.05, 4.69) is 194 Å². The zero-order valence-corrected chi connectivity index (χ0v) is 31.9. The number of benzene rings is 10. The van der Waals surface area contributed by atoms with Gasteiger partial charge in [0, 0.05) is 30.9 Å². The van der Waals surface area contributed by atoms with Gasteiger partial charge >= 0.3 is 0 Å². The molecular weight excluding hydrogens is 713 g/mol. The van der Waals surface area contributed by atoms with Gasteiger partial charge in [-0.15, -0.1) is 22.7 Å². The lowest BCUT2D eigenvalue weighted by Gasteiger charge is -2.13. The summed E-state index contributed by atoms with van der Waals surface area (Å²) in [7, 11) is 0. The maximum atomic E-state index is 2.44. The molecule has 10 aromatic carbocycles. The zero-order valence-electron chi connectivity index (χ0n) is 30.3. The minimum Gasteiger partial charge on any atom is -0.134 e. The van der Waals surface area contributed by atoms with E-state index in [1.165, 1.54) is 117 Å². The van der Waals surface area contributed by atoms with E-state index in [4.69, 9.17) is 0 Å². The first-order chi connectivity index (χ1) is 27.7. The lowest BCUT2D eigenvalue weighted by molar-refractivity contribution is 1.62. The van der Waals surface area contributed by atoms with Gasteiger partial charge in [0.25, 0.3) is 0 Å². The zero-order chi connectivity index (χ0) is 36.7. The number of fused-ring (bicyclic) bond motifs is 12. The standard InChI is InChI=1S/C54H32S2/c1-3-13-33(14-4-1)45-27-35-17-7-9-19-37(35)29-47(45)39-23-25-43-49(31-39)55-53-51(43)41-21-11-12-22-42(41)52-44-26-24-40(32-50(44)56-54(52)53)48-30-38-20-10-8-18-36(38)28-46(48)34-15-5-2-6-16-34/h1-32H. The van der Waals surface area contributed by atoms with E-state index in [9.17, 15) is 0 Å². The molecule has 2 aromatic heterocycles. The van der Waals surface area contributed by atoms with Crippen molar-refractivity contribution in [2.45, 2.75) is 0 Å². The summed E-state index contributed by atoms with van der Waals surface area (Å²) in [6.45, 7) is 0. The Hall–Kier alpha value is -6.58. The van der Waals surface area contributed by atoms with Crippen LogP contribution in [0.1, 0.15) is 0 Å². The van der Waals surface area contributed by atoms with Crippen LogP contribution in [0.3, 0.4) is 0 Å². The van der Waals surface area contributed by atoms with Crippen LogP contribution >= 0.6 is 22.7 Å². The average Bonchev–Trinajstić information content (AvgIpc) is 3.85. The Balaban J connectivity index is 1.09. The molecule has 0 atom stereocenters. The van der Waals surface area contributed by atoms with Crippen molar-refractivity contribution in [2.75, 3.05) is 0 Å². The highest BCUT2D eigenvalue weighted by atomic mass is 32.1. The molecule has 0 N–H and O–H groups in total. The largest absolute Gasteiger partial charge is 0.134 e.